The van der Waals surface area contributed by atoms with E-state index in [1.807, 2.05) is 13.8 Å². The number of anilines is 1. The molecule has 0 aliphatic rings. The number of nitrogens with one attached hydrogen (secondary N) is 1. The number of methoxy groups -OCH3 is 1. The average Bonchev–Trinajstić information content (AvgIpc) is 3.26. The minimum atomic E-state index is -0.502. The number of carbonyl (C=O) groups excluding carboxylic acids is 2. The van der Waals surface area contributed by atoms with E-state index in [2.05, 4.69) is 20.3 Å². The molecule has 0 bridgehead atoms. The van der Waals surface area contributed by atoms with Gasteiger partial charge in [0.2, 0.25) is 5.91 Å². The fourth-order valence-electron chi connectivity index (χ4n) is 3.55. The lowest BCUT2D eigenvalue weighted by Crippen LogP contribution is -2.31. The minimum Gasteiger partial charge on any atom is -0.465 e. The third-order valence-corrected chi connectivity index (χ3v) is 5.21. The van der Waals surface area contributed by atoms with Crippen LogP contribution >= 0.6 is 0 Å². The van der Waals surface area contributed by atoms with Gasteiger partial charge in [0.05, 0.1) is 30.3 Å². The second-order valence-electron chi connectivity index (χ2n) is 7.91. The maximum atomic E-state index is 13.4. The number of halogens is 1. The van der Waals surface area contributed by atoms with Gasteiger partial charge < -0.3 is 10.1 Å². The molecule has 2 aromatic carbocycles. The van der Waals surface area contributed by atoms with E-state index in [4.69, 9.17) is 0 Å². The summed E-state index contributed by atoms with van der Waals surface area (Å²) in [5, 5.41) is 12.0. The zero-order valence-corrected chi connectivity index (χ0v) is 18.8. The predicted octanol–water partition coefficient (Wildman–Crippen LogP) is 3.27. The summed E-state index contributed by atoms with van der Waals surface area (Å²) in [5.74, 6) is -1.41. The highest BCUT2D eigenvalue weighted by Crippen LogP contribution is 2.23. The van der Waals surface area contributed by atoms with Gasteiger partial charge in [-0.2, -0.15) is 10.2 Å². The zero-order chi connectivity index (χ0) is 24.4. The fourth-order valence-corrected chi connectivity index (χ4v) is 3.55. The van der Waals surface area contributed by atoms with Crippen molar-refractivity contribution in [2.75, 3.05) is 12.4 Å². The van der Waals surface area contributed by atoms with Crippen LogP contribution in [0.3, 0.4) is 0 Å². The van der Waals surface area contributed by atoms with Crippen LogP contribution in [0.15, 0.2) is 59.5 Å². The second kappa shape index (κ2) is 9.26. The molecule has 0 radical (unpaired) electrons. The maximum Gasteiger partial charge on any atom is 0.337 e. The van der Waals surface area contributed by atoms with Gasteiger partial charge in [0, 0.05) is 11.1 Å². The summed E-state index contributed by atoms with van der Waals surface area (Å²) >= 11 is 0. The first-order chi connectivity index (χ1) is 16.3. The molecule has 0 atom stereocenters. The first-order valence-electron chi connectivity index (χ1n) is 10.5. The molecule has 174 valence electrons. The predicted molar refractivity (Wildman–Crippen MR) is 124 cm³/mol. The Morgan fingerprint density at radius 1 is 1.09 bits per heavy atom. The highest BCUT2D eigenvalue weighted by atomic mass is 19.1. The molecule has 4 aromatic rings. The van der Waals surface area contributed by atoms with Crippen LogP contribution in [0.5, 0.6) is 0 Å². The van der Waals surface area contributed by atoms with Crippen LogP contribution in [0.25, 0.3) is 16.6 Å². The van der Waals surface area contributed by atoms with Gasteiger partial charge in [0.1, 0.15) is 17.9 Å². The molecule has 0 unspecified atom stereocenters. The quantitative estimate of drug-likeness (QED) is 0.440. The number of esters is 1. The summed E-state index contributed by atoms with van der Waals surface area (Å²) in [7, 11) is 1.28. The molecule has 9 nitrogen and oxygen atoms in total. The lowest BCUT2D eigenvalue weighted by Gasteiger charge is -2.12. The Hall–Kier alpha value is -4.34. The molecule has 10 heteroatoms. The van der Waals surface area contributed by atoms with E-state index >= 15 is 0 Å². The van der Waals surface area contributed by atoms with E-state index in [0.717, 1.165) is 4.68 Å². The molecule has 34 heavy (non-hydrogen) atoms. The summed E-state index contributed by atoms with van der Waals surface area (Å²) in [6.07, 6.45) is 1.55. The van der Waals surface area contributed by atoms with E-state index in [-0.39, 0.29) is 18.0 Å². The van der Waals surface area contributed by atoms with Crippen LogP contribution in [0.4, 0.5) is 10.1 Å². The molecular formula is C24H22FN5O4. The first kappa shape index (κ1) is 22.8. The van der Waals surface area contributed by atoms with Gasteiger partial charge >= 0.3 is 5.97 Å². The second-order valence-corrected chi connectivity index (χ2v) is 7.91. The summed E-state index contributed by atoms with van der Waals surface area (Å²) in [4.78, 5) is 37.6. The smallest absolute Gasteiger partial charge is 0.337 e. The van der Waals surface area contributed by atoms with Gasteiger partial charge in [-0.05, 0) is 54.4 Å². The Bertz CT molecular complexity index is 1420. The SMILES string of the molecule is COC(=O)c1ccc(NC(=O)Cn2nc(C(C)C)c3cnn(-c4ccc(F)cc4)c3c2=O)cc1. The van der Waals surface area contributed by atoms with Crippen molar-refractivity contribution in [2.45, 2.75) is 26.3 Å². The van der Waals surface area contributed by atoms with Crippen molar-refractivity contribution in [1.82, 2.24) is 19.6 Å². The first-order valence-corrected chi connectivity index (χ1v) is 10.5. The molecule has 0 saturated heterocycles. The Morgan fingerprint density at radius 2 is 1.76 bits per heavy atom. The topological polar surface area (TPSA) is 108 Å². The molecule has 2 heterocycles. The number of hydrogen-bond donors (Lipinski definition) is 1. The van der Waals surface area contributed by atoms with E-state index < -0.39 is 23.3 Å². The molecule has 1 N–H and O–H groups in total. The van der Waals surface area contributed by atoms with Crippen molar-refractivity contribution >= 4 is 28.5 Å². The van der Waals surface area contributed by atoms with Crippen molar-refractivity contribution in [3.8, 4) is 5.69 Å². The third kappa shape index (κ3) is 4.42. The summed E-state index contributed by atoms with van der Waals surface area (Å²) in [6, 6.07) is 11.8. The number of carbonyl (C=O) groups is 2. The van der Waals surface area contributed by atoms with Crippen LogP contribution in [-0.2, 0) is 16.1 Å². The lowest BCUT2D eigenvalue weighted by atomic mass is 10.1. The zero-order valence-electron chi connectivity index (χ0n) is 18.8. The Kier molecular flexibility index (Phi) is 6.22. The standard InChI is InChI=1S/C24H22FN5O4/c1-14(2)21-19-12-26-30(18-10-6-16(25)7-11-18)22(19)23(32)29(28-21)13-20(31)27-17-8-4-15(5-9-17)24(33)34-3/h4-12,14H,13H2,1-3H3,(H,27,31). The molecule has 0 aliphatic carbocycles. The van der Waals surface area contributed by atoms with E-state index in [1.54, 1.807) is 18.3 Å². The Balaban J connectivity index is 1.68. The van der Waals surface area contributed by atoms with Gasteiger partial charge in [0.25, 0.3) is 5.56 Å². The number of ether oxygens (including phenoxy) is 1. The number of benzene rings is 2. The Labute approximate surface area is 193 Å². The van der Waals surface area contributed by atoms with Gasteiger partial charge in [-0.1, -0.05) is 13.8 Å². The average molecular weight is 463 g/mol. The van der Waals surface area contributed by atoms with Crippen LogP contribution in [0, 0.1) is 5.82 Å². The van der Waals surface area contributed by atoms with Crippen molar-refractivity contribution in [3.05, 3.63) is 82.2 Å². The molecule has 1 amide bonds. The van der Waals surface area contributed by atoms with Crippen molar-refractivity contribution in [3.63, 3.8) is 0 Å². The number of amides is 1. The van der Waals surface area contributed by atoms with Crippen molar-refractivity contribution < 1.29 is 18.7 Å². The van der Waals surface area contributed by atoms with Gasteiger partial charge in [-0.3, -0.25) is 9.59 Å². The number of nitrogens with zero attached hydrogens (tertiary/aromatic N) is 4. The van der Waals surface area contributed by atoms with Crippen LogP contribution in [0.1, 0.15) is 35.8 Å². The van der Waals surface area contributed by atoms with Gasteiger partial charge in [0.15, 0.2) is 0 Å². The molecule has 0 saturated carbocycles. The van der Waals surface area contributed by atoms with Crippen LogP contribution < -0.4 is 10.9 Å². The lowest BCUT2D eigenvalue weighted by molar-refractivity contribution is -0.117. The summed E-state index contributed by atoms with van der Waals surface area (Å²) < 4.78 is 20.6. The van der Waals surface area contributed by atoms with E-state index in [9.17, 15) is 18.8 Å². The molecule has 0 spiro atoms. The molecule has 4 rings (SSSR count). The monoisotopic (exact) mass is 463 g/mol. The normalized spacial score (nSPS) is 11.1. The van der Waals surface area contributed by atoms with Crippen molar-refractivity contribution in [2.24, 2.45) is 0 Å². The molecule has 2 aromatic heterocycles. The van der Waals surface area contributed by atoms with Gasteiger partial charge in [-0.15, -0.1) is 0 Å². The highest BCUT2D eigenvalue weighted by Gasteiger charge is 2.20. The fraction of sp³-hybridized carbons (Fsp3) is 0.208. The number of hydrogen-bond acceptors (Lipinski definition) is 6. The summed E-state index contributed by atoms with van der Waals surface area (Å²) in [5.41, 5.74) is 1.67. The molecular weight excluding hydrogens is 441 g/mol. The van der Waals surface area contributed by atoms with Gasteiger partial charge in [-0.25, -0.2) is 18.5 Å². The minimum absolute atomic E-state index is 0.0471. The molecule has 0 fully saturated rings. The highest BCUT2D eigenvalue weighted by molar-refractivity contribution is 5.93. The van der Waals surface area contributed by atoms with E-state index in [0.29, 0.717) is 28.0 Å². The number of aromatic nitrogens is 4. The largest absolute Gasteiger partial charge is 0.465 e. The summed E-state index contributed by atoms with van der Waals surface area (Å²) in [6.45, 7) is 3.52. The van der Waals surface area contributed by atoms with Crippen LogP contribution in [0.2, 0.25) is 0 Å². The third-order valence-electron chi connectivity index (χ3n) is 5.21. The maximum absolute atomic E-state index is 13.4. The molecule has 0 aliphatic heterocycles. The number of fused-ring (bicyclic) bond motifs is 1. The Morgan fingerprint density at radius 3 is 2.38 bits per heavy atom. The van der Waals surface area contributed by atoms with E-state index in [1.165, 1.54) is 48.2 Å². The van der Waals surface area contributed by atoms with Crippen molar-refractivity contribution in [1.29, 1.82) is 0 Å². The number of rotatable bonds is 6. The van der Waals surface area contributed by atoms with Crippen LogP contribution in [-0.4, -0.2) is 38.5 Å².